The summed E-state index contributed by atoms with van der Waals surface area (Å²) in [5.74, 6) is 0. The molecule has 1 heterocycles. The minimum absolute atomic E-state index is 0.371. The van der Waals surface area contributed by atoms with Crippen LogP contribution >= 0.6 is 0 Å². The van der Waals surface area contributed by atoms with Gasteiger partial charge in [0, 0.05) is 0 Å². The second kappa shape index (κ2) is 3.62. The molecule has 58 valence electrons. The number of methoxy groups -OCH3 is 1. The molecule has 0 aromatic rings. The molecular formula is C8H14O2. The van der Waals surface area contributed by atoms with Crippen molar-refractivity contribution in [3.63, 3.8) is 0 Å². The van der Waals surface area contributed by atoms with E-state index in [1.807, 2.05) is 6.26 Å². The smallest absolute Gasteiger partial charge is 0.0818 e. The van der Waals surface area contributed by atoms with Gasteiger partial charge in [-0.25, -0.2) is 0 Å². The second-order valence-electron chi connectivity index (χ2n) is 2.65. The maximum absolute atomic E-state index is 5.36. The minimum Gasteiger partial charge on any atom is -0.504 e. The van der Waals surface area contributed by atoms with Crippen LogP contribution < -0.4 is 0 Å². The van der Waals surface area contributed by atoms with Gasteiger partial charge in [-0.3, -0.25) is 0 Å². The molecule has 0 unspecified atom stereocenters. The first-order valence-electron chi connectivity index (χ1n) is 3.65. The highest BCUT2D eigenvalue weighted by atomic mass is 16.5. The lowest BCUT2D eigenvalue weighted by molar-refractivity contribution is 0.0471. The molecule has 0 aliphatic carbocycles. The van der Waals surface area contributed by atoms with E-state index in [4.69, 9.17) is 9.47 Å². The first-order valence-corrected chi connectivity index (χ1v) is 3.65. The van der Waals surface area contributed by atoms with Crippen molar-refractivity contribution < 1.29 is 9.47 Å². The zero-order chi connectivity index (χ0) is 7.40. The van der Waals surface area contributed by atoms with E-state index in [9.17, 15) is 0 Å². The molecule has 0 N–H and O–H groups in total. The van der Waals surface area contributed by atoms with Crippen LogP contribution in [0.3, 0.4) is 0 Å². The fourth-order valence-corrected chi connectivity index (χ4v) is 1.20. The number of ether oxygens (including phenoxy) is 2. The Labute approximate surface area is 61.8 Å². The van der Waals surface area contributed by atoms with E-state index in [1.54, 1.807) is 7.11 Å². The van der Waals surface area contributed by atoms with Crippen LogP contribution in [0, 0.1) is 0 Å². The van der Waals surface area contributed by atoms with Crippen molar-refractivity contribution in [2.75, 3.05) is 13.7 Å². The van der Waals surface area contributed by atoms with E-state index in [-0.39, 0.29) is 0 Å². The molecule has 0 radical (unpaired) electrons. The van der Waals surface area contributed by atoms with Crippen LogP contribution in [0.5, 0.6) is 0 Å². The fraction of sp³-hybridized carbons (Fsp3) is 0.750. The minimum atomic E-state index is 0.371. The molecule has 1 atom stereocenters. The summed E-state index contributed by atoms with van der Waals surface area (Å²) in [6, 6.07) is 0. The Morgan fingerprint density at radius 2 is 2.50 bits per heavy atom. The normalized spacial score (nSPS) is 30.6. The van der Waals surface area contributed by atoms with Gasteiger partial charge in [-0.05, 0) is 25.3 Å². The van der Waals surface area contributed by atoms with Crippen LogP contribution in [0.15, 0.2) is 11.8 Å². The highest BCUT2D eigenvalue weighted by Gasteiger charge is 2.12. The molecule has 0 spiro atoms. The third-order valence-corrected chi connectivity index (χ3v) is 1.66. The molecule has 2 heteroatoms. The standard InChI is InChI=1S/C8H14O2/c1-7-5-8(6-9-2)3-4-10-7/h6-7H,3-5H2,1-2H3/b8-6-/t7-/m0/s1. The first-order chi connectivity index (χ1) is 4.83. The third kappa shape index (κ3) is 2.03. The van der Waals surface area contributed by atoms with Gasteiger partial charge in [0.25, 0.3) is 0 Å². The Morgan fingerprint density at radius 1 is 1.70 bits per heavy atom. The van der Waals surface area contributed by atoms with Crippen molar-refractivity contribution in [2.45, 2.75) is 25.9 Å². The molecule has 0 bridgehead atoms. The van der Waals surface area contributed by atoms with Crippen molar-refractivity contribution in [2.24, 2.45) is 0 Å². The van der Waals surface area contributed by atoms with E-state index < -0.39 is 0 Å². The lowest BCUT2D eigenvalue weighted by atomic mass is 10.1. The second-order valence-corrected chi connectivity index (χ2v) is 2.65. The maximum atomic E-state index is 5.36. The predicted octanol–water partition coefficient (Wildman–Crippen LogP) is 1.72. The van der Waals surface area contributed by atoms with Crippen molar-refractivity contribution in [3.8, 4) is 0 Å². The number of hydrogen-bond donors (Lipinski definition) is 0. The molecule has 0 saturated carbocycles. The van der Waals surface area contributed by atoms with Gasteiger partial charge < -0.3 is 9.47 Å². The average molecular weight is 142 g/mol. The molecule has 1 aliphatic rings. The van der Waals surface area contributed by atoms with Crippen molar-refractivity contribution in [3.05, 3.63) is 11.8 Å². The van der Waals surface area contributed by atoms with Crippen molar-refractivity contribution >= 4 is 0 Å². The van der Waals surface area contributed by atoms with E-state index in [0.717, 1.165) is 19.4 Å². The summed E-state index contributed by atoms with van der Waals surface area (Å²) in [4.78, 5) is 0. The summed E-state index contributed by atoms with van der Waals surface area (Å²) in [5.41, 5.74) is 1.36. The summed E-state index contributed by atoms with van der Waals surface area (Å²) in [5, 5.41) is 0. The molecule has 10 heavy (non-hydrogen) atoms. The van der Waals surface area contributed by atoms with E-state index in [0.29, 0.717) is 6.10 Å². The van der Waals surface area contributed by atoms with Gasteiger partial charge in [0.1, 0.15) is 0 Å². The van der Waals surface area contributed by atoms with Gasteiger partial charge >= 0.3 is 0 Å². The quantitative estimate of drug-likeness (QED) is 0.519. The summed E-state index contributed by atoms with van der Waals surface area (Å²) in [7, 11) is 1.69. The number of rotatable bonds is 1. The zero-order valence-corrected chi connectivity index (χ0v) is 6.59. The van der Waals surface area contributed by atoms with E-state index in [1.165, 1.54) is 5.57 Å². The van der Waals surface area contributed by atoms with Crippen LogP contribution in [-0.4, -0.2) is 19.8 Å². The van der Waals surface area contributed by atoms with Crippen LogP contribution in [0.25, 0.3) is 0 Å². The Morgan fingerprint density at radius 3 is 3.10 bits per heavy atom. The van der Waals surface area contributed by atoms with Crippen LogP contribution in [0.2, 0.25) is 0 Å². The Bertz CT molecular complexity index is 129. The molecule has 0 amide bonds. The molecule has 2 nitrogen and oxygen atoms in total. The third-order valence-electron chi connectivity index (χ3n) is 1.66. The fourth-order valence-electron chi connectivity index (χ4n) is 1.20. The van der Waals surface area contributed by atoms with Crippen LogP contribution in [0.1, 0.15) is 19.8 Å². The highest BCUT2D eigenvalue weighted by Crippen LogP contribution is 2.18. The monoisotopic (exact) mass is 142 g/mol. The van der Waals surface area contributed by atoms with E-state index in [2.05, 4.69) is 6.92 Å². The summed E-state index contributed by atoms with van der Waals surface area (Å²) in [6.45, 7) is 2.93. The van der Waals surface area contributed by atoms with Gasteiger partial charge in [0.05, 0.1) is 26.1 Å². The zero-order valence-electron chi connectivity index (χ0n) is 6.59. The lowest BCUT2D eigenvalue weighted by Crippen LogP contribution is -2.16. The van der Waals surface area contributed by atoms with Crippen molar-refractivity contribution in [1.29, 1.82) is 0 Å². The van der Waals surface area contributed by atoms with Gasteiger partial charge in [-0.2, -0.15) is 0 Å². The van der Waals surface area contributed by atoms with Gasteiger partial charge in [-0.1, -0.05) is 0 Å². The summed E-state index contributed by atoms with van der Waals surface area (Å²) in [6.07, 6.45) is 4.25. The highest BCUT2D eigenvalue weighted by molar-refractivity contribution is 5.01. The van der Waals surface area contributed by atoms with Gasteiger partial charge in [-0.15, -0.1) is 0 Å². The van der Waals surface area contributed by atoms with Crippen LogP contribution in [-0.2, 0) is 9.47 Å². The van der Waals surface area contributed by atoms with E-state index >= 15 is 0 Å². The summed E-state index contributed by atoms with van der Waals surface area (Å²) < 4.78 is 10.3. The topological polar surface area (TPSA) is 18.5 Å². The van der Waals surface area contributed by atoms with Crippen molar-refractivity contribution in [1.82, 2.24) is 0 Å². The molecule has 1 aliphatic heterocycles. The molecule has 1 fully saturated rings. The molecular weight excluding hydrogens is 128 g/mol. The maximum Gasteiger partial charge on any atom is 0.0818 e. The molecule has 0 aromatic carbocycles. The van der Waals surface area contributed by atoms with Crippen LogP contribution in [0.4, 0.5) is 0 Å². The molecule has 1 saturated heterocycles. The SMILES string of the molecule is CO/C=C1/CCO[C@@H](C)C1. The number of hydrogen-bond acceptors (Lipinski definition) is 2. The Kier molecular flexibility index (Phi) is 2.75. The predicted molar refractivity (Wildman–Crippen MR) is 39.7 cm³/mol. The van der Waals surface area contributed by atoms with Gasteiger partial charge in [0.15, 0.2) is 0 Å². The lowest BCUT2D eigenvalue weighted by Gasteiger charge is -2.20. The Balaban J connectivity index is 2.39. The first kappa shape index (κ1) is 7.61. The Hall–Kier alpha value is -0.500. The molecule has 0 aromatic heterocycles. The average Bonchev–Trinajstić information content (AvgIpc) is 1.88. The largest absolute Gasteiger partial charge is 0.504 e. The molecule has 1 rings (SSSR count). The van der Waals surface area contributed by atoms with Gasteiger partial charge in [0.2, 0.25) is 0 Å². The summed E-state index contributed by atoms with van der Waals surface area (Å²) >= 11 is 0.